The smallest absolute Gasteiger partial charge is 0.244 e. The van der Waals surface area contributed by atoms with Crippen molar-refractivity contribution >= 4 is 12.1 Å². The van der Waals surface area contributed by atoms with Crippen molar-refractivity contribution in [3.63, 3.8) is 0 Å². The van der Waals surface area contributed by atoms with Crippen LogP contribution in [-0.4, -0.2) is 17.2 Å². The molecule has 0 atom stereocenters. The second kappa shape index (κ2) is 6.52. The first kappa shape index (κ1) is 13.8. The van der Waals surface area contributed by atoms with Gasteiger partial charge < -0.3 is 5.11 Å². The molecule has 1 amide bonds. The number of hydrazone groups is 1. The fraction of sp³-hybridized carbons (Fsp3) is 0.125. The minimum Gasteiger partial charge on any atom is -0.507 e. The van der Waals surface area contributed by atoms with Crippen molar-refractivity contribution in [1.29, 1.82) is 0 Å². The van der Waals surface area contributed by atoms with Gasteiger partial charge in [-0.15, -0.1) is 0 Å². The quantitative estimate of drug-likeness (QED) is 0.660. The van der Waals surface area contributed by atoms with Gasteiger partial charge in [-0.3, -0.25) is 4.79 Å². The number of aryl methyl sites for hydroxylation is 1. The third-order valence-electron chi connectivity index (χ3n) is 2.89. The molecule has 0 bridgehead atoms. The highest BCUT2D eigenvalue weighted by molar-refractivity contribution is 5.87. The number of nitrogens with one attached hydrogen (secondary N) is 1. The molecule has 0 fully saturated rings. The van der Waals surface area contributed by atoms with Crippen LogP contribution in [0.25, 0.3) is 0 Å². The molecule has 0 radical (unpaired) electrons. The van der Waals surface area contributed by atoms with Gasteiger partial charge in [0.1, 0.15) is 5.75 Å². The highest BCUT2D eigenvalue weighted by Gasteiger charge is 2.03. The number of rotatable bonds is 4. The number of carbonyl (C=O) groups is 1. The van der Waals surface area contributed by atoms with Gasteiger partial charge in [0.2, 0.25) is 5.91 Å². The summed E-state index contributed by atoms with van der Waals surface area (Å²) in [4.78, 5) is 11.7. The second-order valence-corrected chi connectivity index (χ2v) is 4.46. The van der Waals surface area contributed by atoms with E-state index < -0.39 is 0 Å². The molecule has 0 heterocycles. The molecule has 2 N–H and O–H groups in total. The normalized spacial score (nSPS) is 10.7. The molecule has 20 heavy (non-hydrogen) atoms. The SMILES string of the molecule is Cc1cccc(O)c1/C=N/NC(=O)Cc1ccccc1. The topological polar surface area (TPSA) is 61.7 Å². The van der Waals surface area contributed by atoms with Crippen molar-refractivity contribution in [3.05, 3.63) is 65.2 Å². The van der Waals surface area contributed by atoms with Gasteiger partial charge in [-0.25, -0.2) is 5.43 Å². The van der Waals surface area contributed by atoms with Crippen LogP contribution < -0.4 is 5.43 Å². The van der Waals surface area contributed by atoms with Gasteiger partial charge in [-0.2, -0.15) is 5.10 Å². The Kier molecular flexibility index (Phi) is 4.50. The molecule has 2 rings (SSSR count). The maximum Gasteiger partial charge on any atom is 0.244 e. The zero-order chi connectivity index (χ0) is 14.4. The summed E-state index contributed by atoms with van der Waals surface area (Å²) in [6, 6.07) is 14.7. The molecule has 4 heteroatoms. The third-order valence-corrected chi connectivity index (χ3v) is 2.89. The van der Waals surface area contributed by atoms with Crippen LogP contribution in [0.1, 0.15) is 16.7 Å². The van der Waals surface area contributed by atoms with Crippen LogP contribution in [0.2, 0.25) is 0 Å². The Labute approximate surface area is 117 Å². The molecule has 0 aliphatic carbocycles. The van der Waals surface area contributed by atoms with Crippen molar-refractivity contribution in [2.24, 2.45) is 5.10 Å². The summed E-state index contributed by atoms with van der Waals surface area (Å²) in [6.07, 6.45) is 1.73. The number of amides is 1. The second-order valence-electron chi connectivity index (χ2n) is 4.46. The average Bonchev–Trinajstić information content (AvgIpc) is 2.43. The van der Waals surface area contributed by atoms with E-state index in [-0.39, 0.29) is 18.1 Å². The van der Waals surface area contributed by atoms with E-state index in [1.54, 1.807) is 12.1 Å². The lowest BCUT2D eigenvalue weighted by atomic mass is 10.1. The van der Waals surface area contributed by atoms with E-state index >= 15 is 0 Å². The van der Waals surface area contributed by atoms with Gasteiger partial charge in [-0.1, -0.05) is 42.5 Å². The summed E-state index contributed by atoms with van der Waals surface area (Å²) < 4.78 is 0. The number of phenolic OH excluding ortho intramolecular Hbond substituents is 1. The molecule has 0 saturated carbocycles. The molecule has 0 aromatic heterocycles. The highest BCUT2D eigenvalue weighted by Crippen LogP contribution is 2.17. The largest absolute Gasteiger partial charge is 0.507 e. The van der Waals surface area contributed by atoms with Gasteiger partial charge in [0.05, 0.1) is 12.6 Å². The van der Waals surface area contributed by atoms with Crippen LogP contribution in [0, 0.1) is 6.92 Å². The van der Waals surface area contributed by atoms with Crippen LogP contribution in [0.5, 0.6) is 5.75 Å². The van der Waals surface area contributed by atoms with Crippen LogP contribution in [0.15, 0.2) is 53.6 Å². The van der Waals surface area contributed by atoms with Crippen molar-refractivity contribution in [2.45, 2.75) is 13.3 Å². The molecule has 4 nitrogen and oxygen atoms in total. The number of benzene rings is 2. The lowest BCUT2D eigenvalue weighted by molar-refractivity contribution is -0.120. The number of hydrogen-bond acceptors (Lipinski definition) is 3. The lowest BCUT2D eigenvalue weighted by Gasteiger charge is -2.03. The lowest BCUT2D eigenvalue weighted by Crippen LogP contribution is -2.19. The van der Waals surface area contributed by atoms with Gasteiger partial charge in [0, 0.05) is 5.56 Å². The Morgan fingerprint density at radius 2 is 1.95 bits per heavy atom. The first-order valence-corrected chi connectivity index (χ1v) is 6.31. The monoisotopic (exact) mass is 268 g/mol. The average molecular weight is 268 g/mol. The summed E-state index contributed by atoms with van der Waals surface area (Å²) in [5.74, 6) is -0.0495. The van der Waals surface area contributed by atoms with Crippen molar-refractivity contribution in [3.8, 4) is 5.75 Å². The predicted octanol–water partition coefficient (Wildman–Crippen LogP) is 2.39. The van der Waals surface area contributed by atoms with E-state index in [0.29, 0.717) is 5.56 Å². The summed E-state index contributed by atoms with van der Waals surface area (Å²) in [5.41, 5.74) is 4.88. The van der Waals surface area contributed by atoms with Crippen LogP contribution in [0.3, 0.4) is 0 Å². The highest BCUT2D eigenvalue weighted by atomic mass is 16.3. The van der Waals surface area contributed by atoms with Crippen molar-refractivity contribution in [2.75, 3.05) is 0 Å². The van der Waals surface area contributed by atoms with E-state index in [1.165, 1.54) is 6.21 Å². The van der Waals surface area contributed by atoms with Crippen molar-refractivity contribution < 1.29 is 9.90 Å². The first-order chi connectivity index (χ1) is 9.66. The van der Waals surface area contributed by atoms with E-state index in [0.717, 1.165) is 11.1 Å². The third kappa shape index (κ3) is 3.68. The summed E-state index contributed by atoms with van der Waals surface area (Å²) >= 11 is 0. The standard InChI is InChI=1S/C16H16N2O2/c1-12-6-5-9-15(19)14(12)11-17-18-16(20)10-13-7-3-2-4-8-13/h2-9,11,19H,10H2,1H3,(H,18,20)/b17-11+. The summed E-state index contributed by atoms with van der Waals surface area (Å²) in [5, 5.41) is 13.6. The minimum absolute atomic E-state index is 0.144. The fourth-order valence-electron chi connectivity index (χ4n) is 1.82. The Hall–Kier alpha value is -2.62. The zero-order valence-corrected chi connectivity index (χ0v) is 11.2. The molecule has 0 saturated heterocycles. The summed E-state index contributed by atoms with van der Waals surface area (Å²) in [6.45, 7) is 1.87. The van der Waals surface area contributed by atoms with E-state index in [2.05, 4.69) is 10.5 Å². The maximum atomic E-state index is 11.7. The van der Waals surface area contributed by atoms with E-state index in [9.17, 15) is 9.90 Å². The van der Waals surface area contributed by atoms with Gasteiger partial charge >= 0.3 is 0 Å². The number of aromatic hydroxyl groups is 1. The number of phenols is 1. The molecule has 0 aliphatic rings. The maximum absolute atomic E-state index is 11.7. The van der Waals surface area contributed by atoms with Gasteiger partial charge in [0.15, 0.2) is 0 Å². The fourth-order valence-corrected chi connectivity index (χ4v) is 1.82. The number of nitrogens with zero attached hydrogens (tertiary/aromatic N) is 1. The van der Waals surface area contributed by atoms with Crippen LogP contribution in [0.4, 0.5) is 0 Å². The van der Waals surface area contributed by atoms with E-state index in [1.807, 2.05) is 43.3 Å². The van der Waals surface area contributed by atoms with Crippen molar-refractivity contribution in [1.82, 2.24) is 5.43 Å². The number of carbonyl (C=O) groups excluding carboxylic acids is 1. The Morgan fingerprint density at radius 3 is 2.65 bits per heavy atom. The van der Waals surface area contributed by atoms with Gasteiger partial charge in [-0.05, 0) is 24.1 Å². The Bertz CT molecular complexity index is 601. The van der Waals surface area contributed by atoms with Crippen LogP contribution >= 0.6 is 0 Å². The molecule has 2 aromatic carbocycles. The molecular formula is C16H16N2O2. The zero-order valence-electron chi connectivity index (χ0n) is 11.2. The minimum atomic E-state index is -0.194. The number of hydrogen-bond donors (Lipinski definition) is 2. The molecule has 2 aromatic rings. The molecule has 102 valence electrons. The first-order valence-electron chi connectivity index (χ1n) is 6.31. The molecule has 0 spiro atoms. The molecule has 0 aliphatic heterocycles. The van der Waals surface area contributed by atoms with Crippen LogP contribution in [-0.2, 0) is 11.2 Å². The Balaban J connectivity index is 1.95. The molecular weight excluding hydrogens is 252 g/mol. The van der Waals surface area contributed by atoms with Gasteiger partial charge in [0.25, 0.3) is 0 Å². The van der Waals surface area contributed by atoms with E-state index in [4.69, 9.17) is 0 Å². The summed E-state index contributed by atoms with van der Waals surface area (Å²) in [7, 11) is 0. The Morgan fingerprint density at radius 1 is 1.20 bits per heavy atom. The predicted molar refractivity (Wildman–Crippen MR) is 78.7 cm³/mol. The molecule has 0 unspecified atom stereocenters.